The molecule has 0 spiro atoms. The highest BCUT2D eigenvalue weighted by atomic mass is 19.2. The molecule has 0 unspecified atom stereocenters. The Morgan fingerprint density at radius 1 is 1.00 bits per heavy atom. The summed E-state index contributed by atoms with van der Waals surface area (Å²) >= 11 is 0. The zero-order valence-corrected chi connectivity index (χ0v) is 17.8. The molecule has 0 aliphatic carbocycles. The van der Waals surface area contributed by atoms with Crippen LogP contribution in [-0.4, -0.2) is 31.4 Å². The van der Waals surface area contributed by atoms with E-state index in [0.717, 1.165) is 12.4 Å². The minimum Gasteiger partial charge on any atom is -0.399 e. The minimum absolute atomic E-state index is 0.433. The van der Waals surface area contributed by atoms with Crippen LogP contribution in [0.1, 0.15) is 33.3 Å². The standard InChI is InChI=1S/C21H24BF3N2O3/c1-12-17(24)15(23)11-16(18(12)25)26-19(28)27(6)14-9-7-13(8-10-14)22-29-20(2,3)21(4,5)30-22/h7-11H,1-6H3,(H,26,28). The van der Waals surface area contributed by atoms with Crippen LogP contribution in [0.4, 0.5) is 29.3 Å². The largest absolute Gasteiger partial charge is 0.494 e. The van der Waals surface area contributed by atoms with Crippen molar-refractivity contribution >= 4 is 30.0 Å². The Labute approximate surface area is 174 Å². The summed E-state index contributed by atoms with van der Waals surface area (Å²) in [6.45, 7) is 8.93. The topological polar surface area (TPSA) is 50.8 Å². The van der Waals surface area contributed by atoms with Gasteiger partial charge in [0.2, 0.25) is 0 Å². The third-order valence-corrected chi connectivity index (χ3v) is 5.73. The maximum absolute atomic E-state index is 14.2. The van der Waals surface area contributed by atoms with E-state index in [-0.39, 0.29) is 0 Å². The van der Waals surface area contributed by atoms with Crippen LogP contribution in [0.3, 0.4) is 0 Å². The summed E-state index contributed by atoms with van der Waals surface area (Å²) in [6.07, 6.45) is 0. The number of rotatable bonds is 3. The van der Waals surface area contributed by atoms with Crippen molar-refractivity contribution in [3.63, 3.8) is 0 Å². The second kappa shape index (κ2) is 7.63. The van der Waals surface area contributed by atoms with Crippen LogP contribution in [0.2, 0.25) is 0 Å². The highest BCUT2D eigenvalue weighted by molar-refractivity contribution is 6.62. The average molecular weight is 420 g/mol. The predicted octanol–water partition coefficient (Wildman–Crippen LogP) is 4.38. The van der Waals surface area contributed by atoms with E-state index in [1.807, 2.05) is 27.7 Å². The molecule has 5 nitrogen and oxygen atoms in total. The molecule has 1 fully saturated rings. The molecular weight excluding hydrogens is 396 g/mol. The Balaban J connectivity index is 1.74. The van der Waals surface area contributed by atoms with E-state index in [4.69, 9.17) is 9.31 Å². The lowest BCUT2D eigenvalue weighted by molar-refractivity contribution is 0.00578. The van der Waals surface area contributed by atoms with Gasteiger partial charge in [-0.05, 0) is 52.2 Å². The van der Waals surface area contributed by atoms with Gasteiger partial charge in [-0.3, -0.25) is 4.90 Å². The Hall–Kier alpha value is -2.52. The van der Waals surface area contributed by atoms with Crippen LogP contribution < -0.4 is 15.7 Å². The van der Waals surface area contributed by atoms with Gasteiger partial charge in [0.05, 0.1) is 16.9 Å². The number of hydrogen-bond donors (Lipinski definition) is 1. The molecule has 0 bridgehead atoms. The van der Waals surface area contributed by atoms with Crippen molar-refractivity contribution < 1.29 is 27.3 Å². The molecule has 1 aliphatic heterocycles. The summed E-state index contributed by atoms with van der Waals surface area (Å²) in [7, 11) is 0.937. The van der Waals surface area contributed by atoms with Crippen molar-refractivity contribution in [2.45, 2.75) is 45.8 Å². The lowest BCUT2D eigenvalue weighted by Gasteiger charge is -2.32. The number of amides is 2. The van der Waals surface area contributed by atoms with Crippen LogP contribution >= 0.6 is 0 Å². The van der Waals surface area contributed by atoms with E-state index < -0.39 is 53.1 Å². The summed E-state index contributed by atoms with van der Waals surface area (Å²) in [5.41, 5.74) is -0.586. The summed E-state index contributed by atoms with van der Waals surface area (Å²) < 4.78 is 53.2. The summed E-state index contributed by atoms with van der Waals surface area (Å²) in [5.74, 6) is -3.54. The maximum Gasteiger partial charge on any atom is 0.494 e. The quantitative estimate of drug-likeness (QED) is 0.593. The number of nitrogens with one attached hydrogen (secondary N) is 1. The molecular formula is C21H24BF3N2O3. The smallest absolute Gasteiger partial charge is 0.399 e. The molecule has 1 heterocycles. The molecule has 0 aromatic heterocycles. The lowest BCUT2D eigenvalue weighted by Crippen LogP contribution is -2.41. The number of anilines is 2. The Morgan fingerprint density at radius 2 is 1.53 bits per heavy atom. The van der Waals surface area contributed by atoms with Gasteiger partial charge in [0.15, 0.2) is 17.5 Å². The van der Waals surface area contributed by atoms with Gasteiger partial charge in [-0.2, -0.15) is 0 Å². The number of halogens is 3. The second-order valence-electron chi connectivity index (χ2n) is 8.33. The first-order valence-electron chi connectivity index (χ1n) is 9.48. The van der Waals surface area contributed by atoms with Gasteiger partial charge < -0.3 is 14.6 Å². The number of benzene rings is 2. The molecule has 2 amide bonds. The van der Waals surface area contributed by atoms with Gasteiger partial charge in [0.25, 0.3) is 0 Å². The zero-order chi connectivity index (χ0) is 22.4. The number of nitrogens with zero attached hydrogens (tertiary/aromatic N) is 1. The maximum atomic E-state index is 14.2. The number of carbonyl (C=O) groups excluding carboxylic acids is 1. The fraction of sp³-hybridized carbons (Fsp3) is 0.381. The normalized spacial score (nSPS) is 17.2. The minimum atomic E-state index is -1.28. The third kappa shape index (κ3) is 3.91. The molecule has 30 heavy (non-hydrogen) atoms. The molecule has 2 aromatic rings. The Morgan fingerprint density at radius 3 is 2.07 bits per heavy atom. The first-order chi connectivity index (χ1) is 13.8. The summed E-state index contributed by atoms with van der Waals surface area (Å²) in [6, 6.07) is 6.82. The molecule has 1 N–H and O–H groups in total. The monoisotopic (exact) mass is 420 g/mol. The average Bonchev–Trinajstić information content (AvgIpc) is 2.91. The van der Waals surface area contributed by atoms with Crippen molar-refractivity contribution in [3.8, 4) is 0 Å². The molecule has 2 aromatic carbocycles. The van der Waals surface area contributed by atoms with Crippen molar-refractivity contribution in [3.05, 3.63) is 53.3 Å². The Kier molecular flexibility index (Phi) is 5.64. The molecule has 1 saturated heterocycles. The van der Waals surface area contributed by atoms with Crippen LogP contribution in [0, 0.1) is 24.4 Å². The fourth-order valence-electron chi connectivity index (χ4n) is 2.97. The lowest BCUT2D eigenvalue weighted by atomic mass is 9.79. The van der Waals surface area contributed by atoms with E-state index in [2.05, 4.69) is 5.32 Å². The molecule has 160 valence electrons. The zero-order valence-electron chi connectivity index (χ0n) is 17.8. The van der Waals surface area contributed by atoms with Gasteiger partial charge in [0.1, 0.15) is 0 Å². The first-order valence-corrected chi connectivity index (χ1v) is 9.48. The van der Waals surface area contributed by atoms with Gasteiger partial charge in [-0.25, -0.2) is 18.0 Å². The van der Waals surface area contributed by atoms with Crippen LogP contribution in [0.15, 0.2) is 30.3 Å². The van der Waals surface area contributed by atoms with E-state index in [9.17, 15) is 18.0 Å². The molecule has 0 radical (unpaired) electrons. The van der Waals surface area contributed by atoms with E-state index in [1.165, 1.54) is 11.9 Å². The van der Waals surface area contributed by atoms with E-state index in [0.29, 0.717) is 11.8 Å². The molecule has 0 saturated carbocycles. The highest BCUT2D eigenvalue weighted by Gasteiger charge is 2.51. The van der Waals surface area contributed by atoms with Crippen molar-refractivity contribution in [2.75, 3.05) is 17.3 Å². The summed E-state index contributed by atoms with van der Waals surface area (Å²) in [5, 5.41) is 2.26. The second-order valence-corrected chi connectivity index (χ2v) is 8.33. The van der Waals surface area contributed by atoms with Crippen LogP contribution in [0.5, 0.6) is 0 Å². The molecule has 0 atom stereocenters. The summed E-state index contributed by atoms with van der Waals surface area (Å²) in [4.78, 5) is 13.7. The van der Waals surface area contributed by atoms with Gasteiger partial charge in [-0.15, -0.1) is 0 Å². The predicted molar refractivity (Wildman–Crippen MR) is 111 cm³/mol. The van der Waals surface area contributed by atoms with Crippen molar-refractivity contribution in [1.82, 2.24) is 0 Å². The SMILES string of the molecule is Cc1c(F)c(F)cc(NC(=O)N(C)c2ccc(B3OC(C)(C)C(C)(C)O3)cc2)c1F. The van der Waals surface area contributed by atoms with Gasteiger partial charge >= 0.3 is 13.1 Å². The van der Waals surface area contributed by atoms with E-state index >= 15 is 0 Å². The van der Waals surface area contributed by atoms with Crippen molar-refractivity contribution in [1.29, 1.82) is 0 Å². The van der Waals surface area contributed by atoms with Gasteiger partial charge in [-0.1, -0.05) is 12.1 Å². The number of carbonyl (C=O) groups is 1. The molecule has 3 rings (SSSR count). The highest BCUT2D eigenvalue weighted by Crippen LogP contribution is 2.36. The Bertz CT molecular complexity index is 964. The number of hydrogen-bond acceptors (Lipinski definition) is 3. The molecule has 9 heteroatoms. The number of urea groups is 1. The van der Waals surface area contributed by atoms with Crippen LogP contribution in [0.25, 0.3) is 0 Å². The third-order valence-electron chi connectivity index (χ3n) is 5.73. The van der Waals surface area contributed by atoms with E-state index in [1.54, 1.807) is 24.3 Å². The van der Waals surface area contributed by atoms with Gasteiger partial charge in [0, 0.05) is 24.4 Å². The first kappa shape index (κ1) is 22.2. The fourth-order valence-corrected chi connectivity index (χ4v) is 2.97. The van der Waals surface area contributed by atoms with Crippen LogP contribution in [-0.2, 0) is 9.31 Å². The van der Waals surface area contributed by atoms with Crippen molar-refractivity contribution in [2.24, 2.45) is 0 Å². The molecule has 1 aliphatic rings.